The van der Waals surface area contributed by atoms with Gasteiger partial charge in [0.25, 0.3) is 5.56 Å². The van der Waals surface area contributed by atoms with Crippen LogP contribution in [0.1, 0.15) is 5.56 Å². The molecule has 0 radical (unpaired) electrons. The van der Waals surface area contributed by atoms with Gasteiger partial charge in [0.2, 0.25) is 4.96 Å². The molecule has 0 bridgehead atoms. The van der Waals surface area contributed by atoms with Crippen LogP contribution in [0.5, 0.6) is 0 Å². The molecule has 0 saturated heterocycles. The third-order valence-electron chi connectivity index (χ3n) is 3.46. The van der Waals surface area contributed by atoms with Crippen LogP contribution in [0.2, 0.25) is 10.0 Å². The Morgan fingerprint density at radius 3 is 2.67 bits per heavy atom. The molecule has 0 aliphatic heterocycles. The molecule has 4 aromatic rings. The van der Waals surface area contributed by atoms with Gasteiger partial charge in [-0.25, -0.2) is 0 Å². The van der Waals surface area contributed by atoms with Crippen LogP contribution in [0, 0.1) is 0 Å². The van der Waals surface area contributed by atoms with Crippen LogP contribution in [0.25, 0.3) is 22.4 Å². The highest BCUT2D eigenvalue weighted by Gasteiger charge is 2.12. The van der Waals surface area contributed by atoms with Gasteiger partial charge in [0.1, 0.15) is 0 Å². The molecule has 0 unspecified atom stereocenters. The minimum absolute atomic E-state index is 0.212. The van der Waals surface area contributed by atoms with E-state index in [0.717, 1.165) is 11.1 Å². The highest BCUT2D eigenvalue weighted by atomic mass is 35.5. The van der Waals surface area contributed by atoms with E-state index < -0.39 is 0 Å². The van der Waals surface area contributed by atoms with E-state index in [-0.39, 0.29) is 5.56 Å². The zero-order chi connectivity index (χ0) is 16.7. The maximum absolute atomic E-state index is 12.5. The first-order chi connectivity index (χ1) is 11.6. The molecule has 0 aliphatic rings. The summed E-state index contributed by atoms with van der Waals surface area (Å²) in [6, 6.07) is 14.6. The van der Waals surface area contributed by atoms with Crippen LogP contribution in [0.15, 0.2) is 53.3 Å². The van der Waals surface area contributed by atoms with E-state index in [0.29, 0.717) is 25.4 Å². The molecule has 24 heavy (non-hydrogen) atoms. The van der Waals surface area contributed by atoms with Crippen molar-refractivity contribution in [1.29, 1.82) is 0 Å². The maximum atomic E-state index is 12.5. The summed E-state index contributed by atoms with van der Waals surface area (Å²) in [4.78, 5) is 17.5. The maximum Gasteiger partial charge on any atom is 0.291 e. The van der Waals surface area contributed by atoms with E-state index in [1.54, 1.807) is 24.3 Å². The van der Waals surface area contributed by atoms with Crippen LogP contribution >= 0.6 is 34.5 Å². The van der Waals surface area contributed by atoms with Crippen molar-refractivity contribution in [2.45, 2.75) is 0 Å². The fraction of sp³-hybridized carbons (Fsp3) is 0. The molecule has 0 spiro atoms. The van der Waals surface area contributed by atoms with Crippen LogP contribution < -0.4 is 10.1 Å². The van der Waals surface area contributed by atoms with Gasteiger partial charge in [-0.1, -0.05) is 64.9 Å². The molecule has 0 saturated carbocycles. The lowest BCUT2D eigenvalue weighted by Gasteiger charge is -1.95. The summed E-state index contributed by atoms with van der Waals surface area (Å²) in [7, 11) is 0. The van der Waals surface area contributed by atoms with Gasteiger partial charge in [0.15, 0.2) is 5.82 Å². The molecule has 0 atom stereocenters. The first kappa shape index (κ1) is 15.3. The minimum atomic E-state index is -0.212. The number of hydrogen-bond donors (Lipinski definition) is 0. The van der Waals surface area contributed by atoms with Crippen LogP contribution in [-0.2, 0) is 0 Å². The third kappa shape index (κ3) is 2.71. The number of rotatable bonds is 2. The van der Waals surface area contributed by atoms with E-state index in [1.165, 1.54) is 15.9 Å². The normalized spacial score (nSPS) is 12.2. The van der Waals surface area contributed by atoms with Crippen molar-refractivity contribution < 1.29 is 0 Å². The molecule has 2 aromatic heterocycles. The summed E-state index contributed by atoms with van der Waals surface area (Å²) in [6.07, 6.45) is 1.75. The molecule has 0 fully saturated rings. The van der Waals surface area contributed by atoms with E-state index >= 15 is 0 Å². The third-order valence-corrected chi connectivity index (χ3v) is 4.99. The Hall–Kier alpha value is -2.21. The Morgan fingerprint density at radius 1 is 1.08 bits per heavy atom. The monoisotopic (exact) mass is 373 g/mol. The topological polar surface area (TPSA) is 47.3 Å². The summed E-state index contributed by atoms with van der Waals surface area (Å²) in [5, 5.41) is 5.49. The second kappa shape index (κ2) is 6.02. The van der Waals surface area contributed by atoms with E-state index in [2.05, 4.69) is 10.1 Å². The Labute approximate surface area is 150 Å². The summed E-state index contributed by atoms with van der Waals surface area (Å²) in [5.74, 6) is 0.477. The van der Waals surface area contributed by atoms with Gasteiger partial charge in [-0.3, -0.25) is 4.79 Å². The molecular formula is C17H9Cl2N3OS. The lowest BCUT2D eigenvalue weighted by Crippen LogP contribution is -2.23. The van der Waals surface area contributed by atoms with Gasteiger partial charge in [-0.2, -0.15) is 9.50 Å². The van der Waals surface area contributed by atoms with Crippen LogP contribution in [0.4, 0.5) is 0 Å². The quantitative estimate of drug-likeness (QED) is 0.538. The molecule has 7 heteroatoms. The predicted octanol–water partition coefficient (Wildman–Crippen LogP) is 3.67. The van der Waals surface area contributed by atoms with E-state index in [1.807, 2.05) is 30.3 Å². The number of thiazole rings is 1. The Balaban J connectivity index is 1.85. The fourth-order valence-electron chi connectivity index (χ4n) is 2.32. The van der Waals surface area contributed by atoms with Crippen molar-refractivity contribution in [3.8, 4) is 11.4 Å². The Morgan fingerprint density at radius 2 is 1.92 bits per heavy atom. The summed E-state index contributed by atoms with van der Waals surface area (Å²) < 4.78 is 1.85. The molecule has 4 nitrogen and oxygen atoms in total. The second-order valence-corrected chi connectivity index (χ2v) is 6.93. The molecule has 4 rings (SSSR count). The molecular weight excluding hydrogens is 365 g/mol. The largest absolute Gasteiger partial charge is 0.291 e. The number of fused-ring (bicyclic) bond motifs is 1. The minimum Gasteiger partial charge on any atom is -0.266 e. The standard InChI is InChI=1S/C17H9Cl2N3OS/c18-12-6-3-5-11(8-12)15-20-17-22(21-15)16(23)14(24-17)9-10-4-1-2-7-13(10)19/h1-9H/b14-9-. The van der Waals surface area contributed by atoms with Gasteiger partial charge in [0.05, 0.1) is 4.53 Å². The Kier molecular flexibility index (Phi) is 3.84. The smallest absolute Gasteiger partial charge is 0.266 e. The van der Waals surface area contributed by atoms with Crippen LogP contribution in [0.3, 0.4) is 0 Å². The lowest BCUT2D eigenvalue weighted by atomic mass is 10.2. The van der Waals surface area contributed by atoms with Crippen molar-refractivity contribution in [3.63, 3.8) is 0 Å². The van der Waals surface area contributed by atoms with E-state index in [4.69, 9.17) is 23.2 Å². The summed E-state index contributed by atoms with van der Waals surface area (Å²) in [5.41, 5.74) is 1.35. The van der Waals surface area contributed by atoms with Gasteiger partial charge >= 0.3 is 0 Å². The van der Waals surface area contributed by atoms with Crippen molar-refractivity contribution >= 4 is 45.6 Å². The number of benzene rings is 2. The van der Waals surface area contributed by atoms with Gasteiger partial charge in [-0.05, 0) is 29.8 Å². The average Bonchev–Trinajstić information content (AvgIpc) is 3.10. The van der Waals surface area contributed by atoms with E-state index in [9.17, 15) is 4.79 Å². The first-order valence-corrected chi connectivity index (χ1v) is 8.61. The van der Waals surface area contributed by atoms with Gasteiger partial charge < -0.3 is 0 Å². The highest BCUT2D eigenvalue weighted by molar-refractivity contribution is 7.15. The number of hydrogen-bond acceptors (Lipinski definition) is 4. The molecule has 0 aliphatic carbocycles. The number of nitrogens with zero attached hydrogens (tertiary/aromatic N) is 3. The zero-order valence-corrected chi connectivity index (χ0v) is 14.4. The fourth-order valence-corrected chi connectivity index (χ4v) is 3.60. The molecule has 0 amide bonds. The molecule has 2 aromatic carbocycles. The zero-order valence-electron chi connectivity index (χ0n) is 12.1. The Bertz CT molecular complexity index is 1170. The SMILES string of the molecule is O=c1/c(=C/c2ccccc2Cl)sc2nc(-c3cccc(Cl)c3)nn12. The van der Waals surface area contributed by atoms with Crippen molar-refractivity contribution in [1.82, 2.24) is 14.6 Å². The van der Waals surface area contributed by atoms with Gasteiger partial charge in [0, 0.05) is 15.6 Å². The number of aromatic nitrogens is 3. The first-order valence-electron chi connectivity index (χ1n) is 7.03. The average molecular weight is 374 g/mol. The van der Waals surface area contributed by atoms with Crippen molar-refractivity contribution in [2.75, 3.05) is 0 Å². The van der Waals surface area contributed by atoms with Crippen LogP contribution in [-0.4, -0.2) is 14.6 Å². The highest BCUT2D eigenvalue weighted by Crippen LogP contribution is 2.20. The predicted molar refractivity (Wildman–Crippen MR) is 97.8 cm³/mol. The number of halogens is 2. The summed E-state index contributed by atoms with van der Waals surface area (Å²) >= 11 is 13.4. The van der Waals surface area contributed by atoms with Crippen molar-refractivity contribution in [2.24, 2.45) is 0 Å². The summed E-state index contributed by atoms with van der Waals surface area (Å²) in [6.45, 7) is 0. The second-order valence-electron chi connectivity index (χ2n) is 5.08. The van der Waals surface area contributed by atoms with Gasteiger partial charge in [-0.15, -0.1) is 5.10 Å². The molecule has 2 heterocycles. The van der Waals surface area contributed by atoms with Crippen molar-refractivity contribution in [3.05, 3.63) is 79.0 Å². The molecule has 0 N–H and O–H groups in total. The molecule has 118 valence electrons. The lowest BCUT2D eigenvalue weighted by molar-refractivity contribution is 0.937.